The van der Waals surface area contributed by atoms with Crippen LogP contribution in [0.4, 0.5) is 0 Å². The summed E-state index contributed by atoms with van der Waals surface area (Å²) in [6.45, 7) is 6.15. The molecule has 1 unspecified atom stereocenters. The summed E-state index contributed by atoms with van der Waals surface area (Å²) >= 11 is 0. The molecule has 11 heavy (non-hydrogen) atoms. The van der Waals surface area contributed by atoms with Crippen LogP contribution in [0.25, 0.3) is 0 Å². The molecule has 0 aliphatic rings. The molecule has 1 atom stereocenters. The fourth-order valence-electron chi connectivity index (χ4n) is 1.40. The van der Waals surface area contributed by atoms with E-state index in [1.165, 1.54) is 18.5 Å². The fourth-order valence-corrected chi connectivity index (χ4v) is 1.40. The Morgan fingerprint density at radius 2 is 2.45 bits per heavy atom. The third-order valence-electron chi connectivity index (χ3n) is 2.05. The summed E-state index contributed by atoms with van der Waals surface area (Å²) in [6, 6.07) is 4.19. The predicted molar refractivity (Wildman–Crippen MR) is 48.4 cm³/mol. The first-order chi connectivity index (χ1) is 5.38. The zero-order valence-electron chi connectivity index (χ0n) is 7.14. The molecule has 0 aliphatic carbocycles. The largest absolute Gasteiger partial charge is 0.365 e. The van der Waals surface area contributed by atoms with Crippen molar-refractivity contribution < 1.29 is 0 Å². The lowest BCUT2D eigenvalue weighted by molar-refractivity contribution is 0.606. The van der Waals surface area contributed by atoms with Gasteiger partial charge in [-0.25, -0.2) is 0 Å². The van der Waals surface area contributed by atoms with Crippen molar-refractivity contribution in [2.45, 2.75) is 32.1 Å². The number of aromatic nitrogens is 1. The smallest absolute Gasteiger partial charge is 0.0178 e. The summed E-state index contributed by atoms with van der Waals surface area (Å²) in [5.41, 5.74) is 1.34. The quantitative estimate of drug-likeness (QED) is 0.678. The normalized spacial score (nSPS) is 13.3. The fraction of sp³-hybridized carbons (Fsp3) is 0.500. The van der Waals surface area contributed by atoms with Crippen molar-refractivity contribution in [2.24, 2.45) is 0 Å². The molecule has 0 saturated carbocycles. The van der Waals surface area contributed by atoms with E-state index >= 15 is 0 Å². The van der Waals surface area contributed by atoms with Crippen molar-refractivity contribution in [1.29, 1.82) is 0 Å². The average Bonchev–Trinajstić information content (AvgIpc) is 2.52. The zero-order valence-corrected chi connectivity index (χ0v) is 7.14. The van der Waals surface area contributed by atoms with E-state index in [1.807, 2.05) is 12.3 Å². The van der Waals surface area contributed by atoms with Crippen LogP contribution in [0.2, 0.25) is 0 Å². The van der Waals surface area contributed by atoms with Crippen LogP contribution in [-0.4, -0.2) is 4.98 Å². The first kappa shape index (κ1) is 8.38. The van der Waals surface area contributed by atoms with E-state index in [1.54, 1.807) is 0 Å². The highest BCUT2D eigenvalue weighted by molar-refractivity contribution is 5.09. The molecule has 0 aliphatic heterocycles. The standard InChI is InChI=1S/C10H16N/c1-3-6-9(4-2)10-7-5-8-11-10/h5,7-9,11H,2-4,6H2,1H3. The van der Waals surface area contributed by atoms with E-state index < -0.39 is 0 Å². The van der Waals surface area contributed by atoms with Crippen LogP contribution in [0, 0.1) is 6.92 Å². The van der Waals surface area contributed by atoms with E-state index in [0.29, 0.717) is 5.92 Å². The van der Waals surface area contributed by atoms with Gasteiger partial charge in [-0.2, -0.15) is 0 Å². The topological polar surface area (TPSA) is 15.8 Å². The molecule has 1 rings (SSSR count). The van der Waals surface area contributed by atoms with Gasteiger partial charge in [-0.1, -0.05) is 20.3 Å². The van der Waals surface area contributed by atoms with Gasteiger partial charge in [-0.3, -0.25) is 0 Å². The molecule has 1 N–H and O–H groups in total. The van der Waals surface area contributed by atoms with Crippen LogP contribution >= 0.6 is 0 Å². The van der Waals surface area contributed by atoms with Crippen LogP contribution in [0.1, 0.15) is 37.8 Å². The molecule has 0 fully saturated rings. The number of hydrogen-bond donors (Lipinski definition) is 1. The number of H-pyrrole nitrogens is 1. The number of nitrogens with one attached hydrogen (secondary N) is 1. The van der Waals surface area contributed by atoms with Gasteiger partial charge in [-0.05, 0) is 30.9 Å². The predicted octanol–water partition coefficient (Wildman–Crippen LogP) is 3.12. The van der Waals surface area contributed by atoms with Crippen molar-refractivity contribution in [3.63, 3.8) is 0 Å². The molecule has 0 aromatic carbocycles. The van der Waals surface area contributed by atoms with Crippen molar-refractivity contribution in [3.05, 3.63) is 30.9 Å². The Labute approximate surface area is 68.8 Å². The molecular weight excluding hydrogens is 134 g/mol. The Hall–Kier alpha value is -0.720. The van der Waals surface area contributed by atoms with Gasteiger partial charge in [0, 0.05) is 11.9 Å². The van der Waals surface area contributed by atoms with Gasteiger partial charge in [0.2, 0.25) is 0 Å². The summed E-state index contributed by atoms with van der Waals surface area (Å²) in [4.78, 5) is 3.23. The van der Waals surface area contributed by atoms with Gasteiger partial charge < -0.3 is 4.98 Å². The summed E-state index contributed by atoms with van der Waals surface area (Å²) in [6.07, 6.45) is 5.45. The molecular formula is C10H16N. The highest BCUT2D eigenvalue weighted by Crippen LogP contribution is 2.22. The lowest BCUT2D eigenvalue weighted by Gasteiger charge is -2.10. The summed E-state index contributed by atoms with van der Waals surface area (Å²) in [5.74, 6) is 0.634. The highest BCUT2D eigenvalue weighted by atomic mass is 14.7. The van der Waals surface area contributed by atoms with E-state index in [-0.39, 0.29) is 0 Å². The maximum Gasteiger partial charge on any atom is 0.0178 e. The number of aromatic amines is 1. The van der Waals surface area contributed by atoms with Crippen molar-refractivity contribution >= 4 is 0 Å². The van der Waals surface area contributed by atoms with Crippen LogP contribution in [0.5, 0.6) is 0 Å². The first-order valence-corrected chi connectivity index (χ1v) is 4.31. The number of rotatable bonds is 4. The minimum Gasteiger partial charge on any atom is -0.365 e. The van der Waals surface area contributed by atoms with Crippen molar-refractivity contribution in [2.75, 3.05) is 0 Å². The molecule has 0 spiro atoms. The Morgan fingerprint density at radius 1 is 1.64 bits per heavy atom. The lowest BCUT2D eigenvalue weighted by atomic mass is 9.97. The van der Waals surface area contributed by atoms with E-state index in [0.717, 1.165) is 6.42 Å². The first-order valence-electron chi connectivity index (χ1n) is 4.31. The summed E-state index contributed by atoms with van der Waals surface area (Å²) < 4.78 is 0. The van der Waals surface area contributed by atoms with Crippen LogP contribution in [0.15, 0.2) is 18.3 Å². The second kappa shape index (κ2) is 4.22. The Kier molecular flexibility index (Phi) is 3.21. The van der Waals surface area contributed by atoms with Crippen LogP contribution in [-0.2, 0) is 0 Å². The van der Waals surface area contributed by atoms with E-state index in [4.69, 9.17) is 0 Å². The van der Waals surface area contributed by atoms with Gasteiger partial charge >= 0.3 is 0 Å². The molecule has 1 radical (unpaired) electrons. The zero-order chi connectivity index (χ0) is 8.10. The van der Waals surface area contributed by atoms with Crippen molar-refractivity contribution in [3.8, 4) is 0 Å². The highest BCUT2D eigenvalue weighted by Gasteiger charge is 2.07. The molecule has 0 saturated heterocycles. The lowest BCUT2D eigenvalue weighted by Crippen LogP contribution is -1.96. The summed E-state index contributed by atoms with van der Waals surface area (Å²) in [5, 5.41) is 0. The summed E-state index contributed by atoms with van der Waals surface area (Å²) in [7, 11) is 0. The maximum atomic E-state index is 3.94. The third-order valence-corrected chi connectivity index (χ3v) is 2.05. The second-order valence-corrected chi connectivity index (χ2v) is 2.90. The van der Waals surface area contributed by atoms with E-state index in [2.05, 4.69) is 24.9 Å². The molecule has 0 amide bonds. The van der Waals surface area contributed by atoms with Gasteiger partial charge in [-0.15, -0.1) is 0 Å². The molecule has 61 valence electrons. The van der Waals surface area contributed by atoms with Crippen LogP contribution < -0.4 is 0 Å². The van der Waals surface area contributed by atoms with E-state index in [9.17, 15) is 0 Å². The Bertz CT molecular complexity index is 177. The third kappa shape index (κ3) is 2.11. The minimum absolute atomic E-state index is 0.634. The monoisotopic (exact) mass is 150 g/mol. The molecule has 0 bridgehead atoms. The van der Waals surface area contributed by atoms with Crippen molar-refractivity contribution in [1.82, 2.24) is 4.98 Å². The minimum atomic E-state index is 0.634. The number of hydrogen-bond acceptors (Lipinski definition) is 0. The Balaban J connectivity index is 2.56. The average molecular weight is 150 g/mol. The van der Waals surface area contributed by atoms with Gasteiger partial charge in [0.05, 0.1) is 0 Å². The molecule has 1 heterocycles. The maximum absolute atomic E-state index is 3.94. The molecule has 1 aromatic heterocycles. The molecule has 1 nitrogen and oxygen atoms in total. The van der Waals surface area contributed by atoms with Gasteiger partial charge in [0.15, 0.2) is 0 Å². The molecule has 1 aromatic rings. The molecule has 1 heteroatoms. The van der Waals surface area contributed by atoms with Gasteiger partial charge in [0.1, 0.15) is 0 Å². The Morgan fingerprint density at radius 3 is 2.91 bits per heavy atom. The second-order valence-electron chi connectivity index (χ2n) is 2.90. The SMILES string of the molecule is [CH2]CC(CCC)c1ccc[nH]1. The van der Waals surface area contributed by atoms with Gasteiger partial charge in [0.25, 0.3) is 0 Å². The van der Waals surface area contributed by atoms with Crippen LogP contribution in [0.3, 0.4) is 0 Å².